The topological polar surface area (TPSA) is 56.2 Å². The van der Waals surface area contributed by atoms with Gasteiger partial charge in [0.1, 0.15) is 5.75 Å². The van der Waals surface area contributed by atoms with Crippen molar-refractivity contribution in [3.63, 3.8) is 0 Å². The molecule has 188 valence electrons. The van der Waals surface area contributed by atoms with Crippen LogP contribution in [0.3, 0.4) is 0 Å². The minimum Gasteiger partial charge on any atom is -0.434 e. The van der Waals surface area contributed by atoms with Gasteiger partial charge in [-0.15, -0.1) is 0 Å². The highest BCUT2D eigenvalue weighted by molar-refractivity contribution is 6.36. The molecular formula is C26H36ClF2N3O2. The van der Waals surface area contributed by atoms with Gasteiger partial charge in [-0.3, -0.25) is 9.48 Å². The highest BCUT2D eigenvalue weighted by atomic mass is 35.5. The summed E-state index contributed by atoms with van der Waals surface area (Å²) >= 11 is 6.65. The summed E-state index contributed by atoms with van der Waals surface area (Å²) in [6, 6.07) is 5.23. The Balaban J connectivity index is 1.89. The maximum absolute atomic E-state index is 13.3. The number of benzene rings is 1. The predicted octanol–water partition coefficient (Wildman–Crippen LogP) is 6.97. The lowest BCUT2D eigenvalue weighted by Crippen LogP contribution is -2.31. The number of nitrogens with one attached hydrogen (secondary N) is 1. The highest BCUT2D eigenvalue weighted by Gasteiger charge is 2.27. The third kappa shape index (κ3) is 6.71. The summed E-state index contributed by atoms with van der Waals surface area (Å²) < 4.78 is 33.0. The highest BCUT2D eigenvalue weighted by Crippen LogP contribution is 2.39. The van der Waals surface area contributed by atoms with E-state index in [1.54, 1.807) is 16.8 Å². The van der Waals surface area contributed by atoms with E-state index in [9.17, 15) is 13.6 Å². The van der Waals surface area contributed by atoms with Crippen LogP contribution in [-0.2, 0) is 13.0 Å². The average molecular weight is 496 g/mol. The Hall–Kier alpha value is -2.15. The molecule has 1 heterocycles. The molecule has 1 aromatic carbocycles. The second-order valence-electron chi connectivity index (χ2n) is 10.6. The Morgan fingerprint density at radius 2 is 1.94 bits per heavy atom. The molecule has 1 amide bonds. The van der Waals surface area contributed by atoms with Gasteiger partial charge < -0.3 is 10.1 Å². The van der Waals surface area contributed by atoms with Crippen molar-refractivity contribution in [3.8, 4) is 17.0 Å². The lowest BCUT2D eigenvalue weighted by molar-refractivity contribution is -0.0495. The monoisotopic (exact) mass is 495 g/mol. The number of aromatic nitrogens is 2. The molecule has 0 spiro atoms. The van der Waals surface area contributed by atoms with E-state index >= 15 is 0 Å². The fourth-order valence-corrected chi connectivity index (χ4v) is 4.93. The molecule has 0 saturated heterocycles. The fourth-order valence-electron chi connectivity index (χ4n) is 4.60. The standard InChI is InChI=1S/C26H36ClF2N3O2/c1-6-32-23(19-12-11-18(14-26(3,4)5)13-20(19)34-25(28)29)21(27)22(31-32)24(33)30-15-17-9-7-16(2)8-10-17/h11-13,16-17,25H,6-10,14-15H2,1-5H3,(H,30,33). The summed E-state index contributed by atoms with van der Waals surface area (Å²) in [5, 5.41) is 7.52. The molecule has 0 atom stereocenters. The zero-order valence-corrected chi connectivity index (χ0v) is 21.5. The Morgan fingerprint density at radius 1 is 1.26 bits per heavy atom. The fraction of sp³-hybridized carbons (Fsp3) is 0.615. The van der Waals surface area contributed by atoms with E-state index in [2.05, 4.69) is 38.1 Å². The number of halogens is 3. The van der Waals surface area contributed by atoms with Crippen LogP contribution in [-0.4, -0.2) is 28.8 Å². The van der Waals surface area contributed by atoms with Gasteiger partial charge in [-0.25, -0.2) is 0 Å². The van der Waals surface area contributed by atoms with Crippen molar-refractivity contribution in [1.29, 1.82) is 0 Å². The Morgan fingerprint density at radius 3 is 2.53 bits per heavy atom. The first kappa shape index (κ1) is 26.5. The number of ether oxygens (including phenoxy) is 1. The molecule has 1 fully saturated rings. The van der Waals surface area contributed by atoms with Crippen molar-refractivity contribution in [3.05, 3.63) is 34.5 Å². The summed E-state index contributed by atoms with van der Waals surface area (Å²) in [7, 11) is 0. The summed E-state index contributed by atoms with van der Waals surface area (Å²) in [5.74, 6) is 0.867. The van der Waals surface area contributed by atoms with E-state index < -0.39 is 6.61 Å². The molecule has 1 aliphatic carbocycles. The van der Waals surface area contributed by atoms with Crippen molar-refractivity contribution < 1.29 is 18.3 Å². The first-order valence-corrected chi connectivity index (χ1v) is 12.5. The number of nitrogens with zero attached hydrogens (tertiary/aromatic N) is 2. The van der Waals surface area contributed by atoms with Crippen LogP contribution in [0.2, 0.25) is 5.02 Å². The van der Waals surface area contributed by atoms with Crippen LogP contribution in [0.15, 0.2) is 18.2 Å². The van der Waals surface area contributed by atoms with Crippen LogP contribution in [0.4, 0.5) is 8.78 Å². The van der Waals surface area contributed by atoms with Crippen molar-refractivity contribution in [2.24, 2.45) is 17.3 Å². The van der Waals surface area contributed by atoms with Crippen LogP contribution < -0.4 is 10.1 Å². The number of carbonyl (C=O) groups is 1. The quantitative estimate of drug-likeness (QED) is 0.430. The van der Waals surface area contributed by atoms with E-state index in [1.807, 2.05) is 13.0 Å². The molecule has 8 heteroatoms. The zero-order valence-electron chi connectivity index (χ0n) is 20.8. The third-order valence-electron chi connectivity index (χ3n) is 6.35. The predicted molar refractivity (Wildman–Crippen MR) is 132 cm³/mol. The van der Waals surface area contributed by atoms with Gasteiger partial charge in [-0.05, 0) is 61.1 Å². The molecule has 1 aromatic heterocycles. The van der Waals surface area contributed by atoms with Crippen LogP contribution in [0.5, 0.6) is 5.75 Å². The molecule has 3 rings (SSSR count). The summed E-state index contributed by atoms with van der Waals surface area (Å²) in [6.45, 7) is 8.37. The van der Waals surface area contributed by atoms with Crippen molar-refractivity contribution >= 4 is 17.5 Å². The number of rotatable bonds is 8. The van der Waals surface area contributed by atoms with Gasteiger partial charge in [0, 0.05) is 18.7 Å². The molecule has 0 bridgehead atoms. The van der Waals surface area contributed by atoms with Crippen molar-refractivity contribution in [2.45, 2.75) is 79.9 Å². The largest absolute Gasteiger partial charge is 0.434 e. The van der Waals surface area contributed by atoms with Gasteiger partial charge in [-0.1, -0.05) is 58.2 Å². The van der Waals surface area contributed by atoms with Crippen LogP contribution >= 0.6 is 11.6 Å². The maximum Gasteiger partial charge on any atom is 0.387 e. The normalized spacial score (nSPS) is 18.9. The first-order valence-electron chi connectivity index (χ1n) is 12.1. The van der Waals surface area contributed by atoms with Gasteiger partial charge in [0.05, 0.1) is 10.7 Å². The Bertz CT molecular complexity index is 993. The van der Waals surface area contributed by atoms with E-state index in [1.165, 1.54) is 12.8 Å². The van der Waals surface area contributed by atoms with Gasteiger partial charge in [0.25, 0.3) is 5.91 Å². The van der Waals surface area contributed by atoms with Gasteiger partial charge in [0.2, 0.25) is 0 Å². The Labute approximate surface area is 206 Å². The third-order valence-corrected chi connectivity index (χ3v) is 6.71. The summed E-state index contributed by atoms with van der Waals surface area (Å²) in [4.78, 5) is 12.9. The lowest BCUT2D eigenvalue weighted by Gasteiger charge is -2.26. The molecule has 1 saturated carbocycles. The molecule has 1 aliphatic rings. The first-order chi connectivity index (χ1) is 16.0. The van der Waals surface area contributed by atoms with E-state index in [-0.39, 0.29) is 27.8 Å². The number of hydrogen-bond donors (Lipinski definition) is 1. The molecule has 34 heavy (non-hydrogen) atoms. The summed E-state index contributed by atoms with van der Waals surface area (Å²) in [6.07, 6.45) is 5.24. The minimum atomic E-state index is -2.98. The maximum atomic E-state index is 13.3. The number of carbonyl (C=O) groups excluding carboxylic acids is 1. The molecule has 0 unspecified atom stereocenters. The van der Waals surface area contributed by atoms with Crippen LogP contribution in [0.1, 0.15) is 76.4 Å². The van der Waals surface area contributed by atoms with Crippen LogP contribution in [0, 0.1) is 17.3 Å². The molecule has 0 aliphatic heterocycles. The van der Waals surface area contributed by atoms with Gasteiger partial charge >= 0.3 is 6.61 Å². The Kier molecular flexibility index (Phi) is 8.61. The molecule has 1 N–H and O–H groups in total. The van der Waals surface area contributed by atoms with Crippen molar-refractivity contribution in [1.82, 2.24) is 15.1 Å². The van der Waals surface area contributed by atoms with Crippen LogP contribution in [0.25, 0.3) is 11.3 Å². The molecule has 5 nitrogen and oxygen atoms in total. The second-order valence-corrected chi connectivity index (χ2v) is 11.0. The number of aryl methyl sites for hydroxylation is 1. The summed E-state index contributed by atoms with van der Waals surface area (Å²) in [5.41, 5.74) is 1.75. The van der Waals surface area contributed by atoms with Gasteiger partial charge in [0.15, 0.2) is 5.69 Å². The molecule has 0 radical (unpaired) electrons. The number of alkyl halides is 2. The lowest BCUT2D eigenvalue weighted by atomic mass is 9.83. The smallest absolute Gasteiger partial charge is 0.387 e. The van der Waals surface area contributed by atoms with E-state index in [4.69, 9.17) is 16.3 Å². The zero-order chi connectivity index (χ0) is 25.0. The SMILES string of the molecule is CCn1nc(C(=O)NCC2CCC(C)CC2)c(Cl)c1-c1ccc(CC(C)(C)C)cc1OC(F)F. The minimum absolute atomic E-state index is 0.0198. The number of amides is 1. The second kappa shape index (κ2) is 11.1. The number of hydrogen-bond acceptors (Lipinski definition) is 3. The average Bonchev–Trinajstić information content (AvgIpc) is 3.08. The van der Waals surface area contributed by atoms with Crippen molar-refractivity contribution in [2.75, 3.05) is 6.54 Å². The molecule has 2 aromatic rings. The van der Waals surface area contributed by atoms with E-state index in [0.717, 1.165) is 24.3 Å². The van der Waals surface area contributed by atoms with Gasteiger partial charge in [-0.2, -0.15) is 13.9 Å². The molecular weight excluding hydrogens is 460 g/mol. The van der Waals surface area contributed by atoms with E-state index in [0.29, 0.717) is 36.7 Å².